The van der Waals surface area contributed by atoms with Gasteiger partial charge in [-0.3, -0.25) is 0 Å². The van der Waals surface area contributed by atoms with Crippen molar-refractivity contribution in [2.24, 2.45) is 0 Å². The fraction of sp³-hybridized carbons (Fsp3) is 0. The van der Waals surface area contributed by atoms with Crippen molar-refractivity contribution in [1.82, 2.24) is 0 Å². The topological polar surface area (TPSA) is 118 Å². The van der Waals surface area contributed by atoms with Crippen LogP contribution in [0, 0.1) is 0 Å². The van der Waals surface area contributed by atoms with Crippen molar-refractivity contribution < 1.29 is 34.1 Å². The summed E-state index contributed by atoms with van der Waals surface area (Å²) in [4.78, 5) is 46.9. The van der Waals surface area contributed by atoms with Crippen LogP contribution in [-0.4, -0.2) is 34.1 Å². The number of aromatic carboxylic acids is 2. The maximum atomic E-state index is 12.3. The van der Waals surface area contributed by atoms with Gasteiger partial charge in [0.15, 0.2) is 0 Å². The normalized spacial score (nSPS) is 12.7. The molecule has 2 aliphatic rings. The van der Waals surface area contributed by atoms with Gasteiger partial charge in [-0.2, -0.15) is 0 Å². The molecule has 7 heteroatoms. The lowest BCUT2D eigenvalue weighted by atomic mass is 9.91. The van der Waals surface area contributed by atoms with Crippen molar-refractivity contribution in [2.45, 2.75) is 0 Å². The van der Waals surface area contributed by atoms with Crippen molar-refractivity contribution >= 4 is 23.9 Å². The Morgan fingerprint density at radius 1 is 0.783 bits per heavy atom. The van der Waals surface area contributed by atoms with Crippen LogP contribution in [0.15, 0.2) is 36.4 Å². The predicted molar refractivity (Wildman–Crippen MR) is 75.5 cm³/mol. The first kappa shape index (κ1) is 14.5. The number of hydrogen-bond donors (Lipinski definition) is 2. The number of carbonyl (C=O) groups is 4. The molecule has 0 saturated carbocycles. The molecule has 2 aromatic carbocycles. The minimum atomic E-state index is -1.60. The van der Waals surface area contributed by atoms with Crippen LogP contribution in [0.5, 0.6) is 0 Å². The molecular weight excluding hydrogens is 304 g/mol. The lowest BCUT2D eigenvalue weighted by Crippen LogP contribution is -2.19. The number of hydrogen-bond acceptors (Lipinski definition) is 5. The van der Waals surface area contributed by atoms with Crippen molar-refractivity contribution in [3.8, 4) is 11.1 Å². The van der Waals surface area contributed by atoms with E-state index in [1.54, 1.807) is 0 Å². The van der Waals surface area contributed by atoms with Gasteiger partial charge in [-0.25, -0.2) is 19.2 Å². The summed E-state index contributed by atoms with van der Waals surface area (Å²) >= 11 is 0. The maximum Gasteiger partial charge on any atom is 0.347 e. The number of ether oxygens (including phenoxy) is 1. The first-order chi connectivity index (χ1) is 10.9. The molecule has 2 aromatic rings. The molecule has 2 heterocycles. The molecule has 0 saturated heterocycles. The van der Waals surface area contributed by atoms with Crippen LogP contribution in [0.1, 0.15) is 41.4 Å². The Hall–Kier alpha value is -3.48. The van der Waals surface area contributed by atoms with Gasteiger partial charge < -0.3 is 14.9 Å². The van der Waals surface area contributed by atoms with Crippen LogP contribution < -0.4 is 0 Å². The third kappa shape index (κ3) is 2.24. The quantitative estimate of drug-likeness (QED) is 0.643. The Morgan fingerprint density at radius 2 is 1.39 bits per heavy atom. The smallest absolute Gasteiger partial charge is 0.347 e. The van der Waals surface area contributed by atoms with Crippen molar-refractivity contribution in [2.75, 3.05) is 0 Å². The summed E-state index contributed by atoms with van der Waals surface area (Å²) < 4.78 is 4.67. The van der Waals surface area contributed by atoms with Gasteiger partial charge in [0.1, 0.15) is 0 Å². The van der Waals surface area contributed by atoms with Gasteiger partial charge >= 0.3 is 23.9 Å². The van der Waals surface area contributed by atoms with E-state index in [0.29, 0.717) is 5.56 Å². The summed E-state index contributed by atoms with van der Waals surface area (Å²) in [6.45, 7) is 0. The lowest BCUT2D eigenvalue weighted by molar-refractivity contribution is 0.0393. The zero-order valence-electron chi connectivity index (χ0n) is 11.4. The number of esters is 2. The van der Waals surface area contributed by atoms with Crippen LogP contribution in [-0.2, 0) is 4.74 Å². The van der Waals surface area contributed by atoms with E-state index >= 15 is 0 Å². The highest BCUT2D eigenvalue weighted by atomic mass is 16.6. The summed E-state index contributed by atoms with van der Waals surface area (Å²) in [7, 11) is 0. The van der Waals surface area contributed by atoms with Crippen molar-refractivity contribution in [3.05, 3.63) is 58.7 Å². The third-order valence-electron chi connectivity index (χ3n) is 3.47. The van der Waals surface area contributed by atoms with E-state index in [1.807, 2.05) is 0 Å². The number of carboxylic acids is 2. The van der Waals surface area contributed by atoms with Gasteiger partial charge in [0, 0.05) is 0 Å². The summed E-state index contributed by atoms with van der Waals surface area (Å²) in [6, 6.07) is 8.35. The summed E-state index contributed by atoms with van der Waals surface area (Å²) in [5.41, 5.74) is -0.954. The van der Waals surface area contributed by atoms with E-state index in [9.17, 15) is 24.3 Å². The molecule has 4 rings (SSSR count). The van der Waals surface area contributed by atoms with Gasteiger partial charge in [-0.05, 0) is 29.3 Å². The van der Waals surface area contributed by atoms with E-state index in [2.05, 4.69) is 4.74 Å². The van der Waals surface area contributed by atoms with Gasteiger partial charge in [0.25, 0.3) is 0 Å². The van der Waals surface area contributed by atoms with Crippen LogP contribution in [0.2, 0.25) is 0 Å². The zero-order chi connectivity index (χ0) is 16.7. The highest BCUT2D eigenvalue weighted by molar-refractivity contribution is 6.15. The molecule has 2 N–H and O–H groups in total. The van der Waals surface area contributed by atoms with Crippen molar-refractivity contribution in [1.29, 1.82) is 0 Å². The van der Waals surface area contributed by atoms with Crippen LogP contribution in [0.3, 0.4) is 0 Å². The number of carboxylic acid groups (broad SMARTS) is 2. The minimum absolute atomic E-state index is 0.130. The molecule has 0 radical (unpaired) electrons. The average Bonchev–Trinajstić information content (AvgIpc) is 2.59. The number of benzene rings is 2. The predicted octanol–water partition coefficient (Wildman–Crippen LogP) is 2.06. The van der Waals surface area contributed by atoms with Gasteiger partial charge in [-0.1, -0.05) is 18.2 Å². The molecule has 0 fully saturated rings. The highest BCUT2D eigenvalue weighted by Crippen LogP contribution is 2.31. The van der Waals surface area contributed by atoms with E-state index in [1.165, 1.54) is 30.3 Å². The number of fused-ring (bicyclic) bond motifs is 4. The maximum absolute atomic E-state index is 12.3. The van der Waals surface area contributed by atoms with Gasteiger partial charge in [0.2, 0.25) is 0 Å². The second-order valence-corrected chi connectivity index (χ2v) is 4.78. The standard InChI is InChI=1S/C16H8O7/c17-13(18)10-6-5-9-7-1-3-8(4-2-7)15(21)23-16(22)12(9)11(10)14(19)20/h1-6H,(H,17,18)(H,19,20). The molecule has 7 nitrogen and oxygen atoms in total. The van der Waals surface area contributed by atoms with E-state index in [4.69, 9.17) is 5.11 Å². The van der Waals surface area contributed by atoms with Gasteiger partial charge in [0.05, 0.1) is 22.3 Å². The average molecular weight is 312 g/mol. The summed E-state index contributed by atoms with van der Waals surface area (Å²) in [5, 5.41) is 18.5. The van der Waals surface area contributed by atoms with Crippen LogP contribution >= 0.6 is 0 Å². The minimum Gasteiger partial charge on any atom is -0.478 e. The molecule has 0 aliphatic carbocycles. The SMILES string of the molecule is O=C1OC(=O)c2c(ccc(C(=O)O)c2C(=O)O)-c2ccc1cc2. The second kappa shape index (κ2) is 5.06. The monoisotopic (exact) mass is 312 g/mol. The van der Waals surface area contributed by atoms with Crippen LogP contribution in [0.4, 0.5) is 0 Å². The van der Waals surface area contributed by atoms with E-state index in [0.717, 1.165) is 6.07 Å². The first-order valence-corrected chi connectivity index (χ1v) is 6.40. The zero-order valence-corrected chi connectivity index (χ0v) is 11.4. The molecular formula is C16H8O7. The number of rotatable bonds is 2. The Labute approximate surface area is 128 Å². The van der Waals surface area contributed by atoms with Crippen molar-refractivity contribution in [3.63, 3.8) is 0 Å². The summed E-state index contributed by atoms with van der Waals surface area (Å²) in [6.07, 6.45) is 0. The third-order valence-corrected chi connectivity index (χ3v) is 3.47. The molecule has 2 aliphatic heterocycles. The lowest BCUT2D eigenvalue weighted by Gasteiger charge is -2.12. The van der Waals surface area contributed by atoms with Gasteiger partial charge in [-0.15, -0.1) is 0 Å². The Balaban J connectivity index is 2.42. The molecule has 0 unspecified atom stereocenters. The highest BCUT2D eigenvalue weighted by Gasteiger charge is 2.31. The first-order valence-electron chi connectivity index (χ1n) is 6.40. The molecule has 0 amide bonds. The molecule has 0 atom stereocenters. The second-order valence-electron chi connectivity index (χ2n) is 4.78. The summed E-state index contributed by atoms with van der Waals surface area (Å²) in [5.74, 6) is -5.24. The molecule has 23 heavy (non-hydrogen) atoms. The largest absolute Gasteiger partial charge is 0.478 e. The Kier molecular flexibility index (Phi) is 3.18. The molecule has 114 valence electrons. The molecule has 0 aromatic heterocycles. The Bertz CT molecular complexity index is 878. The fourth-order valence-corrected chi connectivity index (χ4v) is 2.44. The van der Waals surface area contributed by atoms with E-state index in [-0.39, 0.29) is 11.1 Å². The Morgan fingerprint density at radius 3 is 1.96 bits per heavy atom. The van der Waals surface area contributed by atoms with Crippen LogP contribution in [0.25, 0.3) is 11.1 Å². The molecule has 2 bridgehead atoms. The fourth-order valence-electron chi connectivity index (χ4n) is 2.44. The van der Waals surface area contributed by atoms with E-state index < -0.39 is 40.6 Å². The number of carbonyl (C=O) groups excluding carboxylic acids is 2. The molecule has 0 spiro atoms.